The lowest BCUT2D eigenvalue weighted by Crippen LogP contribution is -2.45. The third kappa shape index (κ3) is 5.70. The molecule has 0 aliphatic carbocycles. The van der Waals surface area contributed by atoms with Crippen molar-refractivity contribution in [3.05, 3.63) is 28.2 Å². The fraction of sp³-hybridized carbons (Fsp3) is 0.529. The number of carbonyl (C=O) groups is 2. The minimum atomic E-state index is -1.05. The van der Waals surface area contributed by atoms with Crippen LogP contribution in [0.1, 0.15) is 37.6 Å². The van der Waals surface area contributed by atoms with Gasteiger partial charge in [-0.25, -0.2) is 4.79 Å². The van der Waals surface area contributed by atoms with Crippen molar-refractivity contribution in [2.24, 2.45) is 5.41 Å². The zero-order valence-corrected chi connectivity index (χ0v) is 16.3. The molecule has 0 aliphatic heterocycles. The topological polar surface area (TPSA) is 78.9 Å². The molecular formula is C17H25BrN2O4. The SMILES string of the molecule is COc1cc(C(=O)N(C)CCC(NC(=O)O)C(C)(C)C)ccc1Br. The van der Waals surface area contributed by atoms with E-state index in [0.29, 0.717) is 24.3 Å². The molecule has 0 fully saturated rings. The van der Waals surface area contributed by atoms with Crippen molar-refractivity contribution < 1.29 is 19.4 Å². The Bertz CT molecular complexity index is 599. The van der Waals surface area contributed by atoms with Crippen LogP contribution in [0.2, 0.25) is 0 Å². The molecular weight excluding hydrogens is 376 g/mol. The fourth-order valence-corrected chi connectivity index (χ4v) is 2.72. The second kappa shape index (κ2) is 8.37. The molecule has 1 rings (SSSR count). The van der Waals surface area contributed by atoms with Crippen molar-refractivity contribution in [1.29, 1.82) is 0 Å². The summed E-state index contributed by atoms with van der Waals surface area (Å²) in [7, 11) is 3.25. The third-order valence-electron chi connectivity index (χ3n) is 3.84. The van der Waals surface area contributed by atoms with Gasteiger partial charge in [0.25, 0.3) is 5.91 Å². The van der Waals surface area contributed by atoms with Gasteiger partial charge in [0.05, 0.1) is 11.6 Å². The van der Waals surface area contributed by atoms with Gasteiger partial charge in [-0.2, -0.15) is 0 Å². The Morgan fingerprint density at radius 1 is 1.38 bits per heavy atom. The first-order chi connectivity index (χ1) is 11.1. The van der Waals surface area contributed by atoms with E-state index in [1.54, 1.807) is 37.3 Å². The quantitative estimate of drug-likeness (QED) is 0.764. The minimum Gasteiger partial charge on any atom is -0.496 e. The highest BCUT2D eigenvalue weighted by atomic mass is 79.9. The van der Waals surface area contributed by atoms with E-state index in [4.69, 9.17) is 9.84 Å². The molecule has 0 heterocycles. The van der Waals surface area contributed by atoms with Crippen LogP contribution in [0.4, 0.5) is 4.79 Å². The summed E-state index contributed by atoms with van der Waals surface area (Å²) in [4.78, 5) is 25.1. The van der Waals surface area contributed by atoms with Crippen LogP contribution >= 0.6 is 15.9 Å². The number of halogens is 1. The summed E-state index contributed by atoms with van der Waals surface area (Å²) in [6, 6.07) is 4.93. The minimum absolute atomic E-state index is 0.135. The van der Waals surface area contributed by atoms with E-state index in [0.717, 1.165) is 4.47 Å². The number of hydrogen-bond acceptors (Lipinski definition) is 3. The third-order valence-corrected chi connectivity index (χ3v) is 4.50. The molecule has 24 heavy (non-hydrogen) atoms. The van der Waals surface area contributed by atoms with Crippen molar-refractivity contribution in [1.82, 2.24) is 10.2 Å². The maximum absolute atomic E-state index is 12.5. The standard InChI is InChI=1S/C17H25BrN2O4/c1-17(2,3)14(19-16(22)23)8-9-20(4)15(21)11-6-7-12(18)13(10-11)24-5/h6-7,10,14,19H,8-9H2,1-5H3,(H,22,23). The van der Waals surface area contributed by atoms with Gasteiger partial charge in [-0.3, -0.25) is 4.79 Å². The van der Waals surface area contributed by atoms with Crippen molar-refractivity contribution >= 4 is 27.9 Å². The number of nitrogens with zero attached hydrogens (tertiary/aromatic N) is 1. The summed E-state index contributed by atoms with van der Waals surface area (Å²) in [6.07, 6.45) is -0.521. The lowest BCUT2D eigenvalue weighted by atomic mass is 9.84. The monoisotopic (exact) mass is 400 g/mol. The lowest BCUT2D eigenvalue weighted by Gasteiger charge is -2.32. The number of carbonyl (C=O) groups excluding carboxylic acids is 1. The first-order valence-electron chi connectivity index (χ1n) is 7.64. The first kappa shape index (κ1) is 20.3. The molecule has 1 atom stereocenters. The Kier molecular flexibility index (Phi) is 7.08. The summed E-state index contributed by atoms with van der Waals surface area (Å²) in [6.45, 7) is 6.35. The van der Waals surface area contributed by atoms with Gasteiger partial charge in [0.15, 0.2) is 0 Å². The molecule has 0 saturated carbocycles. The largest absolute Gasteiger partial charge is 0.496 e. The van der Waals surface area contributed by atoms with E-state index in [1.807, 2.05) is 20.8 Å². The number of benzene rings is 1. The summed E-state index contributed by atoms with van der Waals surface area (Å²) in [5.74, 6) is 0.457. The van der Waals surface area contributed by atoms with E-state index in [-0.39, 0.29) is 17.4 Å². The number of hydrogen-bond donors (Lipinski definition) is 2. The molecule has 7 heteroatoms. The van der Waals surface area contributed by atoms with E-state index in [9.17, 15) is 9.59 Å². The van der Waals surface area contributed by atoms with Crippen LogP contribution in [0.5, 0.6) is 5.75 Å². The number of carboxylic acid groups (broad SMARTS) is 1. The molecule has 0 aliphatic rings. The number of rotatable bonds is 6. The molecule has 2 N–H and O–H groups in total. The van der Waals surface area contributed by atoms with Crippen LogP contribution in [-0.2, 0) is 0 Å². The molecule has 1 unspecified atom stereocenters. The summed E-state index contributed by atoms with van der Waals surface area (Å²) >= 11 is 3.36. The maximum Gasteiger partial charge on any atom is 0.404 e. The van der Waals surface area contributed by atoms with Gasteiger partial charge in [0.1, 0.15) is 5.75 Å². The van der Waals surface area contributed by atoms with Crippen molar-refractivity contribution in [3.8, 4) is 5.75 Å². The van der Waals surface area contributed by atoms with Crippen LogP contribution in [0.15, 0.2) is 22.7 Å². The Morgan fingerprint density at radius 3 is 2.50 bits per heavy atom. The van der Waals surface area contributed by atoms with Crippen molar-refractivity contribution in [3.63, 3.8) is 0 Å². The smallest absolute Gasteiger partial charge is 0.404 e. The highest BCUT2D eigenvalue weighted by Gasteiger charge is 2.27. The van der Waals surface area contributed by atoms with E-state index >= 15 is 0 Å². The number of amides is 2. The highest BCUT2D eigenvalue weighted by Crippen LogP contribution is 2.26. The molecule has 1 aromatic rings. The Hall–Kier alpha value is -1.76. The van der Waals surface area contributed by atoms with E-state index in [1.165, 1.54) is 0 Å². The van der Waals surface area contributed by atoms with Gasteiger partial charge < -0.3 is 20.1 Å². The summed E-state index contributed by atoms with van der Waals surface area (Å²) in [5.41, 5.74) is 0.291. The number of nitrogens with one attached hydrogen (secondary N) is 1. The maximum atomic E-state index is 12.5. The van der Waals surface area contributed by atoms with Crippen LogP contribution in [0.3, 0.4) is 0 Å². The van der Waals surface area contributed by atoms with Crippen molar-refractivity contribution in [2.45, 2.75) is 33.2 Å². The molecule has 134 valence electrons. The van der Waals surface area contributed by atoms with Gasteiger partial charge in [-0.15, -0.1) is 0 Å². The predicted octanol–water partition coefficient (Wildman–Crippen LogP) is 3.60. The first-order valence-corrected chi connectivity index (χ1v) is 8.44. The fourth-order valence-electron chi connectivity index (χ4n) is 2.31. The lowest BCUT2D eigenvalue weighted by molar-refractivity contribution is 0.0780. The zero-order valence-electron chi connectivity index (χ0n) is 14.7. The van der Waals surface area contributed by atoms with Crippen LogP contribution in [-0.4, -0.2) is 48.8 Å². The molecule has 1 aromatic carbocycles. The second-order valence-corrected chi connectivity index (χ2v) is 7.59. The Balaban J connectivity index is 2.77. The molecule has 2 amide bonds. The molecule has 0 radical (unpaired) electrons. The zero-order chi connectivity index (χ0) is 18.5. The van der Waals surface area contributed by atoms with Gasteiger partial charge in [0, 0.05) is 25.2 Å². The van der Waals surface area contributed by atoms with Crippen LogP contribution in [0.25, 0.3) is 0 Å². The average Bonchev–Trinajstić information content (AvgIpc) is 2.49. The second-order valence-electron chi connectivity index (χ2n) is 6.73. The van der Waals surface area contributed by atoms with Crippen LogP contribution < -0.4 is 10.1 Å². The van der Waals surface area contributed by atoms with Gasteiger partial charge in [-0.05, 0) is 46.0 Å². The number of methoxy groups -OCH3 is 1. The normalized spacial score (nSPS) is 12.4. The Labute approximate surface area is 151 Å². The van der Waals surface area contributed by atoms with E-state index < -0.39 is 6.09 Å². The molecule has 0 saturated heterocycles. The molecule has 0 spiro atoms. The average molecular weight is 401 g/mol. The molecule has 0 bridgehead atoms. The highest BCUT2D eigenvalue weighted by molar-refractivity contribution is 9.10. The number of ether oxygens (including phenoxy) is 1. The van der Waals surface area contributed by atoms with E-state index in [2.05, 4.69) is 21.2 Å². The summed E-state index contributed by atoms with van der Waals surface area (Å²) < 4.78 is 5.99. The van der Waals surface area contributed by atoms with Gasteiger partial charge in [0.2, 0.25) is 0 Å². The Morgan fingerprint density at radius 2 is 2.00 bits per heavy atom. The van der Waals surface area contributed by atoms with Crippen LogP contribution in [0, 0.1) is 5.41 Å². The van der Waals surface area contributed by atoms with Crippen molar-refractivity contribution in [2.75, 3.05) is 20.7 Å². The van der Waals surface area contributed by atoms with Gasteiger partial charge in [-0.1, -0.05) is 20.8 Å². The summed E-state index contributed by atoms with van der Waals surface area (Å²) in [5, 5.41) is 11.5. The molecule has 6 nitrogen and oxygen atoms in total. The van der Waals surface area contributed by atoms with Gasteiger partial charge >= 0.3 is 6.09 Å². The predicted molar refractivity (Wildman–Crippen MR) is 96.7 cm³/mol. The molecule has 0 aromatic heterocycles.